The number of rotatable bonds is 8. The summed E-state index contributed by atoms with van der Waals surface area (Å²) in [7, 11) is -3.22. The van der Waals surface area contributed by atoms with Crippen molar-refractivity contribution in [3.8, 4) is 5.75 Å². The number of anilines is 2. The molecule has 0 fully saturated rings. The highest BCUT2D eigenvalue weighted by Crippen LogP contribution is 2.61. The summed E-state index contributed by atoms with van der Waals surface area (Å²) in [4.78, 5) is 13.8. The fraction of sp³-hybridized carbons (Fsp3) is 0.375. The normalized spacial score (nSPS) is 21.2. The Morgan fingerprint density at radius 2 is 2.00 bits per heavy atom. The van der Waals surface area contributed by atoms with E-state index in [1.807, 2.05) is 36.6 Å². The maximum absolute atomic E-state index is 13.5. The molecule has 0 saturated heterocycles. The Kier molecular flexibility index (Phi) is 8.00. The molecular weight excluding hydrogens is 465 g/mol. The molecule has 0 unspecified atom stereocenters. The SMILES string of the molecule is CCCC[C@@]1(C)CN(c2ccccc2)c2cc(SC)c(O/C=C(\F)C(=O)O)cc2S(O)(O)C1. The minimum atomic E-state index is -3.22. The molecule has 2 aromatic rings. The van der Waals surface area contributed by atoms with Gasteiger partial charge in [0.2, 0.25) is 5.83 Å². The molecule has 1 atom stereocenters. The largest absolute Gasteiger partial charge is 0.476 e. The quantitative estimate of drug-likeness (QED) is 0.204. The summed E-state index contributed by atoms with van der Waals surface area (Å²) >= 11 is 1.34. The Morgan fingerprint density at radius 3 is 2.61 bits per heavy atom. The first-order valence-electron chi connectivity index (χ1n) is 10.7. The average Bonchev–Trinajstić information content (AvgIpc) is 2.87. The second-order valence-electron chi connectivity index (χ2n) is 8.51. The van der Waals surface area contributed by atoms with Crippen LogP contribution in [0.25, 0.3) is 0 Å². The van der Waals surface area contributed by atoms with E-state index in [1.165, 1.54) is 17.8 Å². The van der Waals surface area contributed by atoms with Crippen LogP contribution in [0.2, 0.25) is 0 Å². The van der Waals surface area contributed by atoms with Gasteiger partial charge in [0, 0.05) is 29.5 Å². The van der Waals surface area contributed by atoms with Gasteiger partial charge in [0.15, 0.2) is 0 Å². The van der Waals surface area contributed by atoms with Crippen LogP contribution in [0.4, 0.5) is 15.8 Å². The Balaban J connectivity index is 2.18. The van der Waals surface area contributed by atoms with Gasteiger partial charge in [-0.2, -0.15) is 15.0 Å². The van der Waals surface area contributed by atoms with Gasteiger partial charge in [-0.15, -0.1) is 11.8 Å². The molecule has 0 amide bonds. The van der Waals surface area contributed by atoms with Crippen molar-refractivity contribution in [1.29, 1.82) is 0 Å². The van der Waals surface area contributed by atoms with Crippen LogP contribution in [0.15, 0.2) is 64.3 Å². The number of hydrogen-bond donors (Lipinski definition) is 3. The van der Waals surface area contributed by atoms with Crippen molar-refractivity contribution in [2.75, 3.05) is 23.5 Å². The second-order valence-corrected chi connectivity index (χ2v) is 11.4. The lowest BCUT2D eigenvalue weighted by Crippen LogP contribution is -2.35. The molecule has 180 valence electrons. The van der Waals surface area contributed by atoms with Crippen molar-refractivity contribution in [1.82, 2.24) is 0 Å². The number of carbonyl (C=O) groups is 1. The van der Waals surface area contributed by atoms with Gasteiger partial charge in [-0.1, -0.05) is 44.9 Å². The van der Waals surface area contributed by atoms with E-state index in [1.54, 1.807) is 6.07 Å². The van der Waals surface area contributed by atoms with E-state index in [2.05, 4.69) is 18.7 Å². The lowest BCUT2D eigenvalue weighted by molar-refractivity contribution is -0.134. The van der Waals surface area contributed by atoms with Gasteiger partial charge in [-0.3, -0.25) is 9.11 Å². The van der Waals surface area contributed by atoms with Crippen LogP contribution in [0, 0.1) is 5.41 Å². The Hall–Kier alpha value is -2.20. The van der Waals surface area contributed by atoms with Crippen molar-refractivity contribution >= 4 is 39.7 Å². The molecular formula is C24H30FNO5S2. The van der Waals surface area contributed by atoms with E-state index >= 15 is 0 Å². The minimum Gasteiger partial charge on any atom is -0.476 e. The molecule has 0 radical (unpaired) electrons. The predicted octanol–water partition coefficient (Wildman–Crippen LogP) is 7.14. The van der Waals surface area contributed by atoms with Crippen molar-refractivity contribution in [2.45, 2.75) is 42.9 Å². The lowest BCUT2D eigenvalue weighted by Gasteiger charge is -2.39. The number of halogens is 1. The maximum Gasteiger partial charge on any atom is 0.368 e. The molecule has 2 aromatic carbocycles. The summed E-state index contributed by atoms with van der Waals surface area (Å²) in [5, 5.41) is 8.78. The van der Waals surface area contributed by atoms with Crippen LogP contribution >= 0.6 is 22.4 Å². The van der Waals surface area contributed by atoms with Crippen LogP contribution in [0.1, 0.15) is 33.1 Å². The van der Waals surface area contributed by atoms with Crippen molar-refractivity contribution in [2.24, 2.45) is 5.41 Å². The highest BCUT2D eigenvalue weighted by atomic mass is 32.3. The van der Waals surface area contributed by atoms with Gasteiger partial charge >= 0.3 is 5.97 Å². The molecule has 6 nitrogen and oxygen atoms in total. The summed E-state index contributed by atoms with van der Waals surface area (Å²) in [6.07, 6.45) is 5.14. The maximum atomic E-state index is 13.5. The number of aliphatic carboxylic acids is 1. The molecule has 33 heavy (non-hydrogen) atoms. The summed E-state index contributed by atoms with van der Waals surface area (Å²) < 4.78 is 41.5. The fourth-order valence-electron chi connectivity index (χ4n) is 4.09. The highest BCUT2D eigenvalue weighted by Gasteiger charge is 2.40. The monoisotopic (exact) mass is 495 g/mol. The topological polar surface area (TPSA) is 90.2 Å². The molecule has 0 aliphatic carbocycles. The molecule has 3 rings (SSSR count). The minimum absolute atomic E-state index is 0.169. The molecule has 1 aliphatic heterocycles. The zero-order valence-corrected chi connectivity index (χ0v) is 20.6. The van der Waals surface area contributed by atoms with E-state index in [-0.39, 0.29) is 16.9 Å². The molecule has 9 heteroatoms. The molecule has 0 saturated carbocycles. The van der Waals surface area contributed by atoms with Gasteiger partial charge in [-0.25, -0.2) is 4.79 Å². The van der Waals surface area contributed by atoms with Gasteiger partial charge < -0.3 is 14.7 Å². The van der Waals surface area contributed by atoms with E-state index in [9.17, 15) is 18.3 Å². The van der Waals surface area contributed by atoms with Crippen LogP contribution in [0.3, 0.4) is 0 Å². The van der Waals surface area contributed by atoms with Crippen LogP contribution < -0.4 is 9.64 Å². The number of carboxylic acid groups (broad SMARTS) is 1. The number of para-hydroxylation sites is 1. The van der Waals surface area contributed by atoms with Crippen molar-refractivity contribution in [3.05, 3.63) is 54.6 Å². The third-order valence-electron chi connectivity index (χ3n) is 5.67. The lowest BCUT2D eigenvalue weighted by atomic mass is 9.86. The van der Waals surface area contributed by atoms with Crippen molar-refractivity contribution in [3.63, 3.8) is 0 Å². The Bertz CT molecular complexity index is 1030. The molecule has 3 N–H and O–H groups in total. The van der Waals surface area contributed by atoms with Gasteiger partial charge in [0.05, 0.1) is 15.5 Å². The zero-order chi connectivity index (χ0) is 24.2. The number of fused-ring (bicyclic) bond motifs is 1. The first-order valence-corrected chi connectivity index (χ1v) is 13.6. The van der Waals surface area contributed by atoms with Gasteiger partial charge in [0.25, 0.3) is 0 Å². The van der Waals surface area contributed by atoms with Crippen molar-refractivity contribution < 1.29 is 28.1 Å². The van der Waals surface area contributed by atoms with Crippen LogP contribution in [-0.4, -0.2) is 38.7 Å². The summed E-state index contributed by atoms with van der Waals surface area (Å²) in [6.45, 7) is 4.79. The average molecular weight is 496 g/mol. The number of ether oxygens (including phenoxy) is 1. The summed E-state index contributed by atoms with van der Waals surface area (Å²) in [5.74, 6) is -2.82. The number of carboxylic acids is 1. The van der Waals surface area contributed by atoms with E-state index in [0.29, 0.717) is 28.3 Å². The van der Waals surface area contributed by atoms with E-state index < -0.39 is 22.4 Å². The standard InChI is InChI=1S/C24H30FNO5S2/c1-4-5-11-24(2)15-26(17-9-7-6-8-10-17)19-12-21(32-3)20(31-14-18(25)23(27)28)13-22(19)33(29,30)16-24/h6-10,12-14,29-30H,4-5,11,15-16H2,1-3H3,(H,27,28)/b18-14-/t24-/m0/s1. The molecule has 0 bridgehead atoms. The molecule has 0 aromatic heterocycles. The second kappa shape index (κ2) is 10.4. The van der Waals surface area contributed by atoms with E-state index in [4.69, 9.17) is 9.84 Å². The Labute approximate surface area is 199 Å². The van der Waals surface area contributed by atoms with Gasteiger partial charge in [0.1, 0.15) is 12.0 Å². The van der Waals surface area contributed by atoms with E-state index in [0.717, 1.165) is 24.9 Å². The number of thioether (sulfide) groups is 1. The first kappa shape index (κ1) is 25.4. The number of hydrogen-bond acceptors (Lipinski definition) is 6. The fourth-order valence-corrected chi connectivity index (χ4v) is 6.79. The third kappa shape index (κ3) is 5.84. The molecule has 1 aliphatic rings. The van der Waals surface area contributed by atoms with Crippen LogP contribution in [-0.2, 0) is 4.79 Å². The highest BCUT2D eigenvalue weighted by molar-refractivity contribution is 8.24. The number of benzene rings is 2. The Morgan fingerprint density at radius 1 is 1.30 bits per heavy atom. The predicted molar refractivity (Wildman–Crippen MR) is 133 cm³/mol. The zero-order valence-electron chi connectivity index (χ0n) is 19.0. The molecule has 0 spiro atoms. The summed E-state index contributed by atoms with van der Waals surface area (Å²) in [5.41, 5.74) is 1.22. The number of unbranched alkanes of at least 4 members (excludes halogenated alkanes) is 1. The van der Waals surface area contributed by atoms with Crippen LogP contribution in [0.5, 0.6) is 5.75 Å². The first-order chi connectivity index (χ1) is 15.6. The third-order valence-corrected chi connectivity index (χ3v) is 8.56. The smallest absolute Gasteiger partial charge is 0.368 e. The number of nitrogens with zero attached hydrogens (tertiary/aromatic N) is 1. The summed E-state index contributed by atoms with van der Waals surface area (Å²) in [6, 6.07) is 13.1. The molecule has 1 heterocycles. The van der Waals surface area contributed by atoms with Gasteiger partial charge in [-0.05, 0) is 30.9 Å².